The van der Waals surface area contributed by atoms with Crippen LogP contribution in [0.3, 0.4) is 0 Å². The van der Waals surface area contributed by atoms with Crippen molar-refractivity contribution < 1.29 is 34.0 Å². The predicted octanol–water partition coefficient (Wildman–Crippen LogP) is -0.271. The highest BCUT2D eigenvalue weighted by molar-refractivity contribution is 5.66. The molecule has 12 heteroatoms. The Morgan fingerprint density at radius 2 is 2.20 bits per heavy atom. The second-order valence-corrected chi connectivity index (χ2v) is 7.46. The first kappa shape index (κ1) is 21.7. The van der Waals surface area contributed by atoms with Crippen LogP contribution in [0.1, 0.15) is 19.5 Å². The fourth-order valence-electron chi connectivity index (χ4n) is 3.33. The first-order valence-corrected chi connectivity index (χ1v) is 9.04. The average molecular weight is 421 g/mol. The molecule has 30 heavy (non-hydrogen) atoms. The van der Waals surface area contributed by atoms with E-state index in [1.165, 1.54) is 24.0 Å². The molecular formula is C18H23N5O7. The molecule has 1 aliphatic rings. The lowest BCUT2D eigenvalue weighted by Gasteiger charge is -2.24. The Balaban J connectivity index is 1.79. The van der Waals surface area contributed by atoms with E-state index in [0.29, 0.717) is 5.52 Å². The Morgan fingerprint density at radius 1 is 1.47 bits per heavy atom. The zero-order chi connectivity index (χ0) is 22.1. The molecule has 0 spiro atoms. The van der Waals surface area contributed by atoms with Gasteiger partial charge in [-0.3, -0.25) is 0 Å². The van der Waals surface area contributed by atoms with Crippen LogP contribution in [0.25, 0.3) is 5.52 Å². The first-order chi connectivity index (χ1) is 14.1. The van der Waals surface area contributed by atoms with Crippen LogP contribution < -0.4 is 5.73 Å². The Bertz CT molecular complexity index is 971. The van der Waals surface area contributed by atoms with Crippen LogP contribution in [0.5, 0.6) is 0 Å². The van der Waals surface area contributed by atoms with E-state index in [4.69, 9.17) is 24.7 Å². The smallest absolute Gasteiger partial charge is 0.431 e. The van der Waals surface area contributed by atoms with E-state index in [2.05, 4.69) is 10.1 Å². The number of methoxy groups -OCH3 is 1. The number of ether oxygens (including phenoxy) is 4. The minimum atomic E-state index is -1.97. The molecule has 162 valence electrons. The number of aromatic nitrogens is 3. The van der Waals surface area contributed by atoms with E-state index in [1.807, 2.05) is 6.07 Å². The number of hydrogen-bond donors (Lipinski definition) is 3. The van der Waals surface area contributed by atoms with Crippen molar-refractivity contribution in [3.8, 4) is 6.07 Å². The highest BCUT2D eigenvalue weighted by Crippen LogP contribution is 2.40. The van der Waals surface area contributed by atoms with E-state index in [0.717, 1.165) is 0 Å². The van der Waals surface area contributed by atoms with Crippen molar-refractivity contribution in [3.05, 3.63) is 24.2 Å². The standard InChI is InChI=1S/C18H23N5O7/c1-17(2,8-27-3)30-16(26)28-6-11-13(24)14(25)18(7-19,29-11)12-5-4-10-15(20)21-9-22-23(10)12/h4-5,9,11,13-14,24-25H,6,8H2,1-3H3,(H2,20,21,22)/t11-,13-,14-,18+/m1/s1. The number of fused-ring (bicyclic) bond motifs is 1. The van der Waals surface area contributed by atoms with Gasteiger partial charge in [0.2, 0.25) is 5.60 Å². The number of rotatable bonds is 6. The average Bonchev–Trinajstić information content (AvgIpc) is 3.22. The number of carbonyl (C=O) groups is 1. The van der Waals surface area contributed by atoms with Crippen molar-refractivity contribution in [1.82, 2.24) is 14.6 Å². The van der Waals surface area contributed by atoms with E-state index >= 15 is 0 Å². The summed E-state index contributed by atoms with van der Waals surface area (Å²) < 4.78 is 22.1. The third-order valence-corrected chi connectivity index (χ3v) is 4.70. The predicted molar refractivity (Wildman–Crippen MR) is 100.0 cm³/mol. The lowest BCUT2D eigenvalue weighted by Crippen LogP contribution is -2.41. The van der Waals surface area contributed by atoms with Gasteiger partial charge in [0.1, 0.15) is 48.4 Å². The number of aliphatic hydroxyl groups excluding tert-OH is 2. The number of anilines is 1. The molecule has 1 fully saturated rings. The van der Waals surface area contributed by atoms with Gasteiger partial charge in [-0.1, -0.05) is 0 Å². The fraction of sp³-hybridized carbons (Fsp3) is 0.556. The molecule has 0 bridgehead atoms. The SMILES string of the molecule is COCC(C)(C)OC(=O)OC[C@H]1O[C@@](C#N)(c2ccc3c(N)ncnn23)[C@H](O)[C@@H]1O. The summed E-state index contributed by atoms with van der Waals surface area (Å²) in [6.07, 6.45) is -4.18. The molecule has 3 heterocycles. The fourth-order valence-corrected chi connectivity index (χ4v) is 3.33. The molecule has 2 aromatic rings. The Hall–Kier alpha value is -2.98. The van der Waals surface area contributed by atoms with Crippen LogP contribution in [0.2, 0.25) is 0 Å². The third kappa shape index (κ3) is 3.75. The molecule has 1 aliphatic heterocycles. The van der Waals surface area contributed by atoms with E-state index in [-0.39, 0.29) is 18.1 Å². The molecule has 0 saturated carbocycles. The van der Waals surface area contributed by atoms with Gasteiger partial charge in [-0.25, -0.2) is 14.3 Å². The van der Waals surface area contributed by atoms with Crippen LogP contribution in [-0.2, 0) is 24.5 Å². The molecule has 0 radical (unpaired) electrons. The second kappa shape index (κ2) is 8.04. The number of nitrogens with zero attached hydrogens (tertiary/aromatic N) is 4. The van der Waals surface area contributed by atoms with Crippen molar-refractivity contribution >= 4 is 17.5 Å². The van der Waals surface area contributed by atoms with Gasteiger partial charge < -0.3 is 34.9 Å². The van der Waals surface area contributed by atoms with Crippen molar-refractivity contribution in [2.75, 3.05) is 26.1 Å². The number of aliphatic hydroxyl groups is 2. The molecule has 2 aromatic heterocycles. The zero-order valence-corrected chi connectivity index (χ0v) is 16.7. The molecule has 0 aliphatic carbocycles. The van der Waals surface area contributed by atoms with Gasteiger partial charge in [-0.15, -0.1) is 0 Å². The normalized spacial score (nSPS) is 26.5. The summed E-state index contributed by atoms with van der Waals surface area (Å²) in [6.45, 7) is 2.96. The Kier molecular flexibility index (Phi) is 5.82. The summed E-state index contributed by atoms with van der Waals surface area (Å²) in [5.74, 6) is 0.165. The maximum absolute atomic E-state index is 12.0. The van der Waals surface area contributed by atoms with Crippen LogP contribution in [-0.4, -0.2) is 75.2 Å². The topological polar surface area (TPSA) is 174 Å². The minimum absolute atomic E-state index is 0.145. The molecule has 12 nitrogen and oxygen atoms in total. The van der Waals surface area contributed by atoms with Crippen LogP contribution >= 0.6 is 0 Å². The molecule has 1 saturated heterocycles. The molecule has 3 rings (SSSR count). The van der Waals surface area contributed by atoms with Crippen LogP contribution in [0, 0.1) is 11.3 Å². The summed E-state index contributed by atoms with van der Waals surface area (Å²) in [5, 5.41) is 34.9. The second-order valence-electron chi connectivity index (χ2n) is 7.46. The van der Waals surface area contributed by atoms with Gasteiger partial charge in [-0.05, 0) is 26.0 Å². The first-order valence-electron chi connectivity index (χ1n) is 9.04. The van der Waals surface area contributed by atoms with Crippen molar-refractivity contribution in [2.24, 2.45) is 0 Å². The van der Waals surface area contributed by atoms with Gasteiger partial charge in [-0.2, -0.15) is 10.4 Å². The van der Waals surface area contributed by atoms with Crippen molar-refractivity contribution in [2.45, 2.75) is 43.4 Å². The number of nitrogens with two attached hydrogens (primary N) is 1. The van der Waals surface area contributed by atoms with Crippen molar-refractivity contribution in [3.63, 3.8) is 0 Å². The largest absolute Gasteiger partial charge is 0.508 e. The highest BCUT2D eigenvalue weighted by atomic mass is 16.7. The lowest BCUT2D eigenvalue weighted by atomic mass is 9.92. The zero-order valence-electron chi connectivity index (χ0n) is 16.7. The monoisotopic (exact) mass is 421 g/mol. The van der Waals surface area contributed by atoms with Crippen molar-refractivity contribution in [1.29, 1.82) is 5.26 Å². The molecule has 4 atom stereocenters. The maximum Gasteiger partial charge on any atom is 0.508 e. The number of nitrogen functional groups attached to an aromatic ring is 1. The summed E-state index contributed by atoms with van der Waals surface area (Å²) in [7, 11) is 1.46. The van der Waals surface area contributed by atoms with E-state index in [9.17, 15) is 20.3 Å². The van der Waals surface area contributed by atoms with Gasteiger partial charge in [0, 0.05) is 7.11 Å². The van der Waals surface area contributed by atoms with E-state index in [1.54, 1.807) is 19.9 Å². The number of hydrogen-bond acceptors (Lipinski definition) is 11. The van der Waals surface area contributed by atoms with Gasteiger partial charge in [0.15, 0.2) is 5.82 Å². The summed E-state index contributed by atoms with van der Waals surface area (Å²) in [6, 6.07) is 4.95. The quantitative estimate of drug-likeness (QED) is 0.524. The molecule has 4 N–H and O–H groups in total. The molecule has 0 aromatic carbocycles. The number of carbonyl (C=O) groups excluding carboxylic acids is 1. The van der Waals surface area contributed by atoms with Gasteiger partial charge >= 0.3 is 6.16 Å². The summed E-state index contributed by atoms with van der Waals surface area (Å²) in [5.41, 5.74) is 3.45. The van der Waals surface area contributed by atoms with Crippen LogP contribution in [0.4, 0.5) is 10.6 Å². The van der Waals surface area contributed by atoms with Gasteiger partial charge in [0.25, 0.3) is 0 Å². The van der Waals surface area contributed by atoms with Crippen LogP contribution in [0.15, 0.2) is 18.5 Å². The Labute approximate surface area is 171 Å². The maximum atomic E-state index is 12.0. The summed E-state index contributed by atoms with van der Waals surface area (Å²) >= 11 is 0. The molecule has 0 unspecified atom stereocenters. The molecular weight excluding hydrogens is 398 g/mol. The lowest BCUT2D eigenvalue weighted by molar-refractivity contribution is -0.0880. The van der Waals surface area contributed by atoms with Gasteiger partial charge in [0.05, 0.1) is 12.3 Å². The third-order valence-electron chi connectivity index (χ3n) is 4.70. The Morgan fingerprint density at radius 3 is 2.87 bits per heavy atom. The number of nitriles is 1. The highest BCUT2D eigenvalue weighted by Gasteiger charge is 2.57. The summed E-state index contributed by atoms with van der Waals surface area (Å²) in [4.78, 5) is 15.8. The minimum Gasteiger partial charge on any atom is -0.431 e. The molecule has 0 amide bonds. The van der Waals surface area contributed by atoms with E-state index < -0.39 is 42.3 Å².